The van der Waals surface area contributed by atoms with Crippen molar-refractivity contribution in [1.82, 2.24) is 15.4 Å². The summed E-state index contributed by atoms with van der Waals surface area (Å²) in [5, 5.41) is 20.1. The molecule has 1 heterocycles. The highest BCUT2D eigenvalue weighted by Gasteiger charge is 2.23. The molecule has 0 radical (unpaired) electrons. The largest absolute Gasteiger partial charge is 0.461 e. The maximum Gasteiger partial charge on any atom is 0.361 e. The number of non-ortho nitro benzene ring substituents is 1. The summed E-state index contributed by atoms with van der Waals surface area (Å²) in [6, 6.07) is 2.93. The third-order valence-electron chi connectivity index (χ3n) is 2.43. The third-order valence-corrected chi connectivity index (χ3v) is 2.43. The number of aromatic nitrogens is 3. The average molecular weight is 280 g/mol. The molecule has 1 aromatic heterocycles. The molecule has 0 bridgehead atoms. The van der Waals surface area contributed by atoms with Gasteiger partial charge in [0.1, 0.15) is 11.5 Å². The molecule has 0 saturated carbocycles. The summed E-state index contributed by atoms with van der Waals surface area (Å²) >= 11 is 0. The molecule has 20 heavy (non-hydrogen) atoms. The minimum absolute atomic E-state index is 0.114. The number of nitrogens with one attached hydrogen (secondary N) is 1. The summed E-state index contributed by atoms with van der Waals surface area (Å²) in [7, 11) is 0. The molecule has 2 aromatic rings. The monoisotopic (exact) mass is 280 g/mol. The second-order valence-corrected chi connectivity index (χ2v) is 3.66. The summed E-state index contributed by atoms with van der Waals surface area (Å²) in [5.41, 5.74) is -0.883. The molecule has 0 unspecified atom stereocenters. The first-order valence-electron chi connectivity index (χ1n) is 5.56. The zero-order chi connectivity index (χ0) is 14.7. The summed E-state index contributed by atoms with van der Waals surface area (Å²) in [5.74, 6) is -1.54. The topological polar surface area (TPSA) is 111 Å². The van der Waals surface area contributed by atoms with Crippen LogP contribution in [0.1, 0.15) is 17.4 Å². The van der Waals surface area contributed by atoms with Crippen LogP contribution in [0, 0.1) is 15.9 Å². The standard InChI is InChI=1S/C11H9FN4O4/c1-2-20-11(17)10-9(13-15-14-10)7-5-6(16(18)19)3-4-8(7)12/h3-5H,2H2,1H3,(H,13,14,15). The van der Waals surface area contributed by atoms with Crippen molar-refractivity contribution < 1.29 is 18.8 Å². The molecule has 9 heteroatoms. The second-order valence-electron chi connectivity index (χ2n) is 3.66. The summed E-state index contributed by atoms with van der Waals surface area (Å²) in [6.07, 6.45) is 0. The van der Waals surface area contributed by atoms with Crippen LogP contribution < -0.4 is 0 Å². The van der Waals surface area contributed by atoms with Crippen molar-refractivity contribution in [3.63, 3.8) is 0 Å². The van der Waals surface area contributed by atoms with Crippen LogP contribution in [-0.4, -0.2) is 32.9 Å². The highest BCUT2D eigenvalue weighted by atomic mass is 19.1. The summed E-state index contributed by atoms with van der Waals surface area (Å²) < 4.78 is 18.5. The van der Waals surface area contributed by atoms with E-state index in [1.54, 1.807) is 6.92 Å². The van der Waals surface area contributed by atoms with Gasteiger partial charge in [0.15, 0.2) is 5.69 Å². The molecule has 0 aliphatic carbocycles. The van der Waals surface area contributed by atoms with Gasteiger partial charge in [0.2, 0.25) is 0 Å². The van der Waals surface area contributed by atoms with Gasteiger partial charge in [-0.1, -0.05) is 0 Å². The summed E-state index contributed by atoms with van der Waals surface area (Å²) in [6.45, 7) is 1.72. The van der Waals surface area contributed by atoms with E-state index >= 15 is 0 Å². The quantitative estimate of drug-likeness (QED) is 0.518. The Balaban J connectivity index is 2.52. The van der Waals surface area contributed by atoms with Crippen LogP contribution in [-0.2, 0) is 4.74 Å². The van der Waals surface area contributed by atoms with Gasteiger partial charge in [-0.25, -0.2) is 9.18 Å². The molecule has 2 rings (SSSR count). The normalized spacial score (nSPS) is 10.3. The van der Waals surface area contributed by atoms with Crippen molar-refractivity contribution in [2.75, 3.05) is 6.61 Å². The van der Waals surface area contributed by atoms with Gasteiger partial charge in [-0.3, -0.25) is 10.1 Å². The Morgan fingerprint density at radius 1 is 1.50 bits per heavy atom. The van der Waals surface area contributed by atoms with Crippen LogP contribution in [0.2, 0.25) is 0 Å². The molecule has 0 spiro atoms. The minimum Gasteiger partial charge on any atom is -0.461 e. The smallest absolute Gasteiger partial charge is 0.361 e. The van der Waals surface area contributed by atoms with Gasteiger partial charge in [-0.2, -0.15) is 10.3 Å². The molecule has 8 nitrogen and oxygen atoms in total. The molecular formula is C11H9FN4O4. The molecule has 0 amide bonds. The Bertz CT molecular complexity index is 670. The Morgan fingerprint density at radius 2 is 2.25 bits per heavy atom. The Kier molecular flexibility index (Phi) is 3.69. The number of esters is 1. The lowest BCUT2D eigenvalue weighted by Gasteiger charge is -2.02. The Hall–Kier alpha value is -2.84. The van der Waals surface area contributed by atoms with Gasteiger partial charge < -0.3 is 4.74 Å². The number of aromatic amines is 1. The third kappa shape index (κ3) is 2.46. The Labute approximate surface area is 111 Å². The minimum atomic E-state index is -0.790. The van der Waals surface area contributed by atoms with Crippen LogP contribution in [0.15, 0.2) is 18.2 Å². The molecular weight excluding hydrogens is 271 g/mol. The second kappa shape index (κ2) is 5.43. The van der Waals surface area contributed by atoms with E-state index in [1.165, 1.54) is 0 Å². The number of carbonyl (C=O) groups is 1. The lowest BCUT2D eigenvalue weighted by atomic mass is 10.1. The van der Waals surface area contributed by atoms with E-state index in [1.807, 2.05) is 0 Å². The van der Waals surface area contributed by atoms with Crippen molar-refractivity contribution in [2.45, 2.75) is 6.92 Å². The number of halogens is 1. The number of ether oxygens (including phenoxy) is 1. The van der Waals surface area contributed by atoms with Crippen LogP contribution in [0.25, 0.3) is 11.3 Å². The predicted molar refractivity (Wildman–Crippen MR) is 64.4 cm³/mol. The molecule has 0 aliphatic rings. The van der Waals surface area contributed by atoms with Crippen LogP contribution in [0.4, 0.5) is 10.1 Å². The van der Waals surface area contributed by atoms with Crippen LogP contribution in [0.5, 0.6) is 0 Å². The molecule has 0 saturated heterocycles. The predicted octanol–water partition coefficient (Wildman–Crippen LogP) is 1.70. The van der Waals surface area contributed by atoms with Gasteiger partial charge in [0.25, 0.3) is 5.69 Å². The summed E-state index contributed by atoms with van der Waals surface area (Å²) in [4.78, 5) is 21.7. The van der Waals surface area contributed by atoms with Gasteiger partial charge in [-0.15, -0.1) is 5.10 Å². The molecule has 0 fully saturated rings. The number of hydrogen-bond acceptors (Lipinski definition) is 6. The van der Waals surface area contributed by atoms with E-state index in [2.05, 4.69) is 15.4 Å². The van der Waals surface area contributed by atoms with E-state index in [0.29, 0.717) is 0 Å². The maximum atomic E-state index is 13.8. The van der Waals surface area contributed by atoms with Gasteiger partial charge in [0, 0.05) is 17.7 Å². The lowest BCUT2D eigenvalue weighted by molar-refractivity contribution is -0.384. The first kappa shape index (κ1) is 13.6. The fraction of sp³-hybridized carbons (Fsp3) is 0.182. The number of H-pyrrole nitrogens is 1. The van der Waals surface area contributed by atoms with Gasteiger partial charge in [0.05, 0.1) is 11.5 Å². The zero-order valence-corrected chi connectivity index (χ0v) is 10.3. The molecule has 1 aromatic carbocycles. The first-order valence-corrected chi connectivity index (χ1v) is 5.56. The average Bonchev–Trinajstić information content (AvgIpc) is 2.88. The van der Waals surface area contributed by atoms with E-state index in [4.69, 9.17) is 4.74 Å². The van der Waals surface area contributed by atoms with Crippen LogP contribution >= 0.6 is 0 Å². The fourth-order valence-corrected chi connectivity index (χ4v) is 1.57. The highest BCUT2D eigenvalue weighted by Crippen LogP contribution is 2.27. The van der Waals surface area contributed by atoms with E-state index in [0.717, 1.165) is 18.2 Å². The van der Waals surface area contributed by atoms with Crippen molar-refractivity contribution in [1.29, 1.82) is 0 Å². The van der Waals surface area contributed by atoms with E-state index in [-0.39, 0.29) is 29.2 Å². The fourth-order valence-electron chi connectivity index (χ4n) is 1.57. The van der Waals surface area contributed by atoms with Crippen molar-refractivity contribution in [3.8, 4) is 11.3 Å². The number of nitro benzene ring substituents is 1. The van der Waals surface area contributed by atoms with E-state index < -0.39 is 16.7 Å². The number of nitro groups is 1. The van der Waals surface area contributed by atoms with Gasteiger partial charge in [-0.05, 0) is 13.0 Å². The number of carbonyl (C=O) groups excluding carboxylic acids is 1. The number of rotatable bonds is 4. The van der Waals surface area contributed by atoms with Crippen LogP contribution in [0.3, 0.4) is 0 Å². The highest BCUT2D eigenvalue weighted by molar-refractivity contribution is 5.94. The van der Waals surface area contributed by atoms with Crippen molar-refractivity contribution in [3.05, 3.63) is 39.8 Å². The van der Waals surface area contributed by atoms with Gasteiger partial charge >= 0.3 is 5.97 Å². The molecule has 0 atom stereocenters. The molecule has 104 valence electrons. The zero-order valence-electron chi connectivity index (χ0n) is 10.3. The first-order chi connectivity index (χ1) is 9.54. The SMILES string of the molecule is CCOC(=O)c1n[nH]nc1-c1cc([N+](=O)[O-])ccc1F. The van der Waals surface area contributed by atoms with E-state index in [9.17, 15) is 19.3 Å². The maximum absolute atomic E-state index is 13.8. The van der Waals surface area contributed by atoms with Crippen molar-refractivity contribution >= 4 is 11.7 Å². The lowest BCUT2D eigenvalue weighted by Crippen LogP contribution is -2.07. The number of benzene rings is 1. The number of hydrogen-bond donors (Lipinski definition) is 1. The Morgan fingerprint density at radius 3 is 2.90 bits per heavy atom. The molecule has 1 N–H and O–H groups in total. The molecule has 0 aliphatic heterocycles. The number of nitrogens with zero attached hydrogens (tertiary/aromatic N) is 3. The van der Waals surface area contributed by atoms with Crippen molar-refractivity contribution in [2.24, 2.45) is 0 Å².